The largest absolute Gasteiger partial charge is 0.345 e. The molecule has 0 aromatic carbocycles. The molecule has 2 aliphatic carbocycles. The molecule has 2 saturated carbocycles. The predicted molar refractivity (Wildman–Crippen MR) is 65.3 cm³/mol. The van der Waals surface area contributed by atoms with E-state index in [9.17, 15) is 9.59 Å². The Morgan fingerprint density at radius 3 is 1.94 bits per heavy atom. The summed E-state index contributed by atoms with van der Waals surface area (Å²) in [5.41, 5.74) is 0. The van der Waals surface area contributed by atoms with E-state index >= 15 is 0 Å². The van der Waals surface area contributed by atoms with Gasteiger partial charge >= 0.3 is 11.8 Å². The molecule has 0 aromatic heterocycles. The highest BCUT2D eigenvalue weighted by molar-refractivity contribution is 6.35. The molecular weight excluding hydrogens is 216 g/mol. The lowest BCUT2D eigenvalue weighted by atomic mass is 9.79. The van der Waals surface area contributed by atoms with Crippen LogP contribution < -0.4 is 10.6 Å². The van der Waals surface area contributed by atoms with Crippen molar-refractivity contribution in [2.45, 2.75) is 58.0 Å². The summed E-state index contributed by atoms with van der Waals surface area (Å²) in [4.78, 5) is 23.3. The van der Waals surface area contributed by atoms with E-state index in [1.807, 2.05) is 0 Å². The molecule has 1 unspecified atom stereocenters. The zero-order valence-electron chi connectivity index (χ0n) is 10.7. The molecule has 2 aliphatic rings. The molecule has 4 nitrogen and oxygen atoms in total. The van der Waals surface area contributed by atoms with Crippen LogP contribution in [0.4, 0.5) is 0 Å². The molecule has 2 fully saturated rings. The summed E-state index contributed by atoms with van der Waals surface area (Å²) in [5.74, 6) is 0.0211. The van der Waals surface area contributed by atoms with Crippen molar-refractivity contribution in [2.24, 2.45) is 11.8 Å². The minimum absolute atomic E-state index is 0.154. The van der Waals surface area contributed by atoms with Crippen molar-refractivity contribution in [3.63, 3.8) is 0 Å². The lowest BCUT2D eigenvalue weighted by Gasteiger charge is -2.34. The molecule has 96 valence electrons. The minimum Gasteiger partial charge on any atom is -0.345 e. The summed E-state index contributed by atoms with van der Waals surface area (Å²) in [5, 5.41) is 5.62. The van der Waals surface area contributed by atoms with Crippen molar-refractivity contribution >= 4 is 11.8 Å². The van der Waals surface area contributed by atoms with Gasteiger partial charge in [-0.2, -0.15) is 0 Å². The highest BCUT2D eigenvalue weighted by Crippen LogP contribution is 2.28. The first kappa shape index (κ1) is 12.4. The number of carbonyl (C=O) groups excluding carboxylic acids is 2. The Labute approximate surface area is 103 Å². The summed E-state index contributed by atoms with van der Waals surface area (Å²) in [7, 11) is 0. The maximum atomic E-state index is 11.7. The van der Waals surface area contributed by atoms with E-state index in [1.54, 1.807) is 0 Å². The summed E-state index contributed by atoms with van der Waals surface area (Å²) in [6, 6.07) is 0.399. The third-order valence-corrected chi connectivity index (χ3v) is 3.96. The van der Waals surface area contributed by atoms with Crippen LogP contribution in [0, 0.1) is 11.8 Å². The highest BCUT2D eigenvalue weighted by atomic mass is 16.2. The van der Waals surface area contributed by atoms with Crippen molar-refractivity contribution in [3.05, 3.63) is 0 Å². The third-order valence-electron chi connectivity index (χ3n) is 3.96. The van der Waals surface area contributed by atoms with E-state index in [2.05, 4.69) is 24.5 Å². The number of nitrogens with one attached hydrogen (secondary N) is 2. The zero-order chi connectivity index (χ0) is 12.4. The Morgan fingerprint density at radius 1 is 0.882 bits per heavy atom. The highest BCUT2D eigenvalue weighted by Gasteiger charge is 2.32. The van der Waals surface area contributed by atoms with E-state index in [4.69, 9.17) is 0 Å². The van der Waals surface area contributed by atoms with Crippen molar-refractivity contribution in [1.82, 2.24) is 10.6 Å². The predicted octanol–water partition coefficient (Wildman–Crippen LogP) is 1.21. The van der Waals surface area contributed by atoms with Gasteiger partial charge in [-0.15, -0.1) is 0 Å². The number of amides is 2. The second-order valence-electron chi connectivity index (χ2n) is 5.63. The van der Waals surface area contributed by atoms with Crippen molar-refractivity contribution in [3.8, 4) is 0 Å². The lowest BCUT2D eigenvalue weighted by Crippen LogP contribution is -2.50. The van der Waals surface area contributed by atoms with E-state index in [1.165, 1.54) is 6.42 Å². The van der Waals surface area contributed by atoms with Crippen LogP contribution in [0.2, 0.25) is 0 Å². The first-order valence-corrected chi connectivity index (χ1v) is 6.69. The normalized spacial score (nSPS) is 32.9. The van der Waals surface area contributed by atoms with E-state index in [0.29, 0.717) is 11.8 Å². The van der Waals surface area contributed by atoms with Crippen LogP contribution >= 0.6 is 0 Å². The monoisotopic (exact) mass is 238 g/mol. The molecule has 0 saturated heterocycles. The molecule has 0 heterocycles. The van der Waals surface area contributed by atoms with Gasteiger partial charge in [-0.05, 0) is 37.5 Å². The van der Waals surface area contributed by atoms with Crippen LogP contribution in [0.5, 0.6) is 0 Å². The van der Waals surface area contributed by atoms with E-state index in [0.717, 1.165) is 25.7 Å². The molecule has 0 spiro atoms. The smallest absolute Gasteiger partial charge is 0.309 e. The summed E-state index contributed by atoms with van der Waals surface area (Å²) in [6.07, 6.45) is 5.52. The second-order valence-corrected chi connectivity index (χ2v) is 5.63. The molecule has 2 rings (SSSR count). The summed E-state index contributed by atoms with van der Waals surface area (Å²) in [6.45, 7) is 4.30. The van der Waals surface area contributed by atoms with Gasteiger partial charge in [0.25, 0.3) is 0 Å². The van der Waals surface area contributed by atoms with Gasteiger partial charge in [-0.25, -0.2) is 0 Å². The Hall–Kier alpha value is -1.06. The van der Waals surface area contributed by atoms with E-state index < -0.39 is 11.8 Å². The number of hydrogen-bond acceptors (Lipinski definition) is 2. The maximum absolute atomic E-state index is 11.7. The maximum Gasteiger partial charge on any atom is 0.309 e. The number of rotatable bonds is 2. The standard InChI is InChI=1S/C13H22N2O2/c1-8-4-3-5-9(2)11(8)15-13(17)12(16)14-10-6-7-10/h8-11H,3-7H2,1-2H3,(H,14,16)(H,15,17)/t8-,9+,11?. The Morgan fingerprint density at radius 2 is 1.41 bits per heavy atom. The first-order valence-electron chi connectivity index (χ1n) is 6.69. The molecule has 17 heavy (non-hydrogen) atoms. The minimum atomic E-state index is -0.461. The molecule has 3 atom stereocenters. The zero-order valence-corrected chi connectivity index (χ0v) is 10.7. The third kappa shape index (κ3) is 3.20. The van der Waals surface area contributed by atoms with E-state index in [-0.39, 0.29) is 12.1 Å². The topological polar surface area (TPSA) is 58.2 Å². The summed E-state index contributed by atoms with van der Waals surface area (Å²) >= 11 is 0. The van der Waals surface area contributed by atoms with Gasteiger partial charge in [0.1, 0.15) is 0 Å². The Kier molecular flexibility index (Phi) is 3.69. The van der Waals surface area contributed by atoms with Crippen LogP contribution in [0.15, 0.2) is 0 Å². The van der Waals surface area contributed by atoms with Gasteiger partial charge < -0.3 is 10.6 Å². The van der Waals surface area contributed by atoms with Gasteiger partial charge in [0.2, 0.25) is 0 Å². The van der Waals surface area contributed by atoms with Gasteiger partial charge in [-0.3, -0.25) is 9.59 Å². The second kappa shape index (κ2) is 5.07. The summed E-state index contributed by atoms with van der Waals surface area (Å²) < 4.78 is 0. The fourth-order valence-electron chi connectivity index (χ4n) is 2.66. The Bertz CT molecular complexity index is 303. The van der Waals surface area contributed by atoms with Gasteiger partial charge in [0.15, 0.2) is 0 Å². The first-order chi connectivity index (χ1) is 8.08. The molecular formula is C13H22N2O2. The molecule has 0 aliphatic heterocycles. The fraction of sp³-hybridized carbons (Fsp3) is 0.846. The van der Waals surface area contributed by atoms with Crippen LogP contribution in [-0.4, -0.2) is 23.9 Å². The van der Waals surface area contributed by atoms with Gasteiger partial charge in [-0.1, -0.05) is 20.3 Å². The average molecular weight is 238 g/mol. The molecule has 0 aromatic rings. The molecule has 0 radical (unpaired) electrons. The quantitative estimate of drug-likeness (QED) is 0.710. The van der Waals surface area contributed by atoms with Crippen LogP contribution in [0.3, 0.4) is 0 Å². The average Bonchev–Trinajstić information content (AvgIpc) is 3.07. The lowest BCUT2D eigenvalue weighted by molar-refractivity contribution is -0.140. The molecule has 4 heteroatoms. The van der Waals surface area contributed by atoms with Crippen molar-refractivity contribution < 1.29 is 9.59 Å². The molecule has 0 bridgehead atoms. The number of carbonyl (C=O) groups is 2. The Balaban J connectivity index is 1.85. The number of hydrogen-bond donors (Lipinski definition) is 2. The molecule has 2 amide bonds. The van der Waals surface area contributed by atoms with Crippen molar-refractivity contribution in [2.75, 3.05) is 0 Å². The van der Waals surface area contributed by atoms with Crippen LogP contribution in [-0.2, 0) is 9.59 Å². The SMILES string of the molecule is C[C@@H]1CCC[C@H](C)C1NC(=O)C(=O)NC1CC1. The van der Waals surface area contributed by atoms with Crippen molar-refractivity contribution in [1.29, 1.82) is 0 Å². The molecule has 2 N–H and O–H groups in total. The van der Waals surface area contributed by atoms with Gasteiger partial charge in [0, 0.05) is 12.1 Å². The van der Waals surface area contributed by atoms with Crippen LogP contribution in [0.1, 0.15) is 46.0 Å². The fourth-order valence-corrected chi connectivity index (χ4v) is 2.66. The van der Waals surface area contributed by atoms with Crippen LogP contribution in [0.25, 0.3) is 0 Å². The van der Waals surface area contributed by atoms with Gasteiger partial charge in [0.05, 0.1) is 0 Å².